The van der Waals surface area contributed by atoms with E-state index in [-0.39, 0.29) is 22.2 Å². The number of nitrogens with one attached hydrogen (secondary N) is 2. The van der Waals surface area contributed by atoms with Gasteiger partial charge in [0.1, 0.15) is 10.6 Å². The molecule has 0 radical (unpaired) electrons. The van der Waals surface area contributed by atoms with E-state index >= 15 is 0 Å². The van der Waals surface area contributed by atoms with Gasteiger partial charge >= 0.3 is 0 Å². The minimum atomic E-state index is -3.94. The van der Waals surface area contributed by atoms with Crippen LogP contribution in [-0.2, 0) is 14.8 Å². The Morgan fingerprint density at radius 3 is 2.76 bits per heavy atom. The maximum Gasteiger partial charge on any atom is 0.245 e. The van der Waals surface area contributed by atoms with Crippen molar-refractivity contribution < 1.29 is 17.9 Å². The van der Waals surface area contributed by atoms with Crippen LogP contribution >= 0.6 is 11.6 Å². The highest BCUT2D eigenvalue weighted by Crippen LogP contribution is 2.26. The van der Waals surface area contributed by atoms with Gasteiger partial charge in [0, 0.05) is 11.6 Å². The van der Waals surface area contributed by atoms with Crippen molar-refractivity contribution in [2.75, 3.05) is 13.7 Å². The molecule has 8 heteroatoms. The minimum Gasteiger partial charge on any atom is -0.495 e. The molecule has 1 aromatic rings. The second-order valence-corrected chi connectivity index (χ2v) is 6.29. The maximum atomic E-state index is 12.3. The van der Waals surface area contributed by atoms with Crippen LogP contribution in [0.15, 0.2) is 35.7 Å². The number of carbonyl (C=O) groups excluding carboxylic acids is 1. The van der Waals surface area contributed by atoms with Crippen LogP contribution in [0.5, 0.6) is 5.75 Å². The molecule has 0 spiro atoms. The molecule has 1 rings (SSSR count). The number of halogens is 1. The van der Waals surface area contributed by atoms with Crippen molar-refractivity contribution in [2.24, 2.45) is 0 Å². The van der Waals surface area contributed by atoms with Crippen LogP contribution < -0.4 is 14.8 Å². The SMILES string of the molecule is C=CCNC(=O)[C@@H](C)NS(=O)(=O)c1cc(Cl)ccc1OC. The summed E-state index contributed by atoms with van der Waals surface area (Å²) in [7, 11) is -2.59. The summed E-state index contributed by atoms with van der Waals surface area (Å²) in [6, 6.07) is 3.27. The monoisotopic (exact) mass is 332 g/mol. The van der Waals surface area contributed by atoms with Crippen molar-refractivity contribution in [3.8, 4) is 5.75 Å². The second-order valence-electron chi connectivity index (χ2n) is 4.17. The smallest absolute Gasteiger partial charge is 0.245 e. The third kappa shape index (κ3) is 4.73. The van der Waals surface area contributed by atoms with Crippen molar-refractivity contribution in [3.63, 3.8) is 0 Å². The molecular weight excluding hydrogens is 316 g/mol. The van der Waals surface area contributed by atoms with Crippen molar-refractivity contribution in [3.05, 3.63) is 35.9 Å². The highest BCUT2D eigenvalue weighted by molar-refractivity contribution is 7.89. The second kappa shape index (κ2) is 7.44. The fourth-order valence-electron chi connectivity index (χ4n) is 1.54. The third-order valence-corrected chi connectivity index (χ3v) is 4.36. The van der Waals surface area contributed by atoms with Gasteiger partial charge in [-0.3, -0.25) is 4.79 Å². The zero-order chi connectivity index (χ0) is 16.0. The van der Waals surface area contributed by atoms with Crippen LogP contribution in [0, 0.1) is 0 Å². The molecule has 0 bridgehead atoms. The highest BCUT2D eigenvalue weighted by Gasteiger charge is 2.25. The summed E-state index contributed by atoms with van der Waals surface area (Å²) in [6.45, 7) is 5.15. The van der Waals surface area contributed by atoms with E-state index in [0.29, 0.717) is 0 Å². The highest BCUT2D eigenvalue weighted by atomic mass is 35.5. The Kier molecular flexibility index (Phi) is 6.19. The summed E-state index contributed by atoms with van der Waals surface area (Å²) < 4.78 is 31.9. The Morgan fingerprint density at radius 2 is 2.19 bits per heavy atom. The Bertz CT molecular complexity index is 631. The molecule has 21 heavy (non-hydrogen) atoms. The number of hydrogen-bond donors (Lipinski definition) is 2. The molecule has 0 fully saturated rings. The van der Waals surface area contributed by atoms with Crippen LogP contribution in [0.1, 0.15) is 6.92 Å². The van der Waals surface area contributed by atoms with Crippen LogP contribution in [0.3, 0.4) is 0 Å². The van der Waals surface area contributed by atoms with Gasteiger partial charge in [-0.05, 0) is 25.1 Å². The molecule has 0 aromatic heterocycles. The zero-order valence-electron chi connectivity index (χ0n) is 11.7. The molecular formula is C13H17ClN2O4S. The van der Waals surface area contributed by atoms with Crippen LogP contribution in [0.2, 0.25) is 5.02 Å². The lowest BCUT2D eigenvalue weighted by Crippen LogP contribution is -2.44. The lowest BCUT2D eigenvalue weighted by atomic mass is 10.3. The predicted octanol–water partition coefficient (Wildman–Crippen LogP) is 1.32. The molecule has 0 aliphatic heterocycles. The Balaban J connectivity index is 2.99. The molecule has 1 atom stereocenters. The summed E-state index contributed by atoms with van der Waals surface area (Å²) in [5, 5.41) is 2.75. The summed E-state index contributed by atoms with van der Waals surface area (Å²) >= 11 is 5.81. The Morgan fingerprint density at radius 1 is 1.52 bits per heavy atom. The standard InChI is InChI=1S/C13H17ClN2O4S/c1-4-7-15-13(17)9(2)16-21(18,19)12-8-10(14)5-6-11(12)20-3/h4-6,8-9,16H,1,7H2,2-3H3,(H,15,17)/t9-/m1/s1. The predicted molar refractivity (Wildman–Crippen MR) is 81.0 cm³/mol. The lowest BCUT2D eigenvalue weighted by Gasteiger charge is -2.15. The normalized spacial score (nSPS) is 12.5. The maximum absolute atomic E-state index is 12.3. The van der Waals surface area contributed by atoms with Gasteiger partial charge in [0.2, 0.25) is 15.9 Å². The summed E-state index contributed by atoms with van der Waals surface area (Å²) in [5.74, 6) is -0.315. The van der Waals surface area contributed by atoms with E-state index in [9.17, 15) is 13.2 Å². The average molecular weight is 333 g/mol. The van der Waals surface area contributed by atoms with E-state index < -0.39 is 22.0 Å². The molecule has 0 aliphatic carbocycles. The van der Waals surface area contributed by atoms with Gasteiger partial charge in [-0.1, -0.05) is 17.7 Å². The quantitative estimate of drug-likeness (QED) is 0.737. The number of rotatable bonds is 7. The number of benzene rings is 1. The number of ether oxygens (including phenoxy) is 1. The fraction of sp³-hybridized carbons (Fsp3) is 0.308. The van der Waals surface area contributed by atoms with Gasteiger partial charge in [0.05, 0.1) is 13.2 Å². The van der Waals surface area contributed by atoms with Gasteiger partial charge < -0.3 is 10.1 Å². The number of amides is 1. The van der Waals surface area contributed by atoms with E-state index in [0.717, 1.165) is 0 Å². The molecule has 0 saturated heterocycles. The van der Waals surface area contributed by atoms with E-state index in [1.807, 2.05) is 0 Å². The molecule has 1 aromatic carbocycles. The fourth-order valence-corrected chi connectivity index (χ4v) is 3.17. The third-order valence-electron chi connectivity index (χ3n) is 2.56. The van der Waals surface area contributed by atoms with Crippen molar-refractivity contribution in [1.29, 1.82) is 0 Å². The molecule has 0 aliphatic rings. The van der Waals surface area contributed by atoms with E-state index in [1.54, 1.807) is 0 Å². The van der Waals surface area contributed by atoms with Gasteiger partial charge in [0.15, 0.2) is 0 Å². The van der Waals surface area contributed by atoms with E-state index in [4.69, 9.17) is 16.3 Å². The zero-order valence-corrected chi connectivity index (χ0v) is 13.3. The first-order valence-corrected chi connectivity index (χ1v) is 7.92. The lowest BCUT2D eigenvalue weighted by molar-refractivity contribution is -0.122. The largest absolute Gasteiger partial charge is 0.495 e. The number of methoxy groups -OCH3 is 1. The van der Waals surface area contributed by atoms with Gasteiger partial charge in [0.25, 0.3) is 0 Å². The first-order valence-electron chi connectivity index (χ1n) is 6.06. The number of carbonyl (C=O) groups is 1. The molecule has 6 nitrogen and oxygen atoms in total. The van der Waals surface area contributed by atoms with Crippen molar-refractivity contribution in [1.82, 2.24) is 10.0 Å². The van der Waals surface area contributed by atoms with E-state index in [2.05, 4.69) is 16.6 Å². The molecule has 0 unspecified atom stereocenters. The first-order chi connectivity index (χ1) is 9.81. The van der Waals surface area contributed by atoms with Gasteiger partial charge in [-0.15, -0.1) is 6.58 Å². The summed E-state index contributed by atoms with van der Waals surface area (Å²) in [5.41, 5.74) is 0. The Hall–Kier alpha value is -1.57. The molecule has 116 valence electrons. The van der Waals surface area contributed by atoms with Crippen molar-refractivity contribution in [2.45, 2.75) is 17.9 Å². The minimum absolute atomic E-state index is 0.124. The molecule has 2 N–H and O–H groups in total. The van der Waals surface area contributed by atoms with Crippen molar-refractivity contribution >= 4 is 27.5 Å². The number of hydrogen-bond acceptors (Lipinski definition) is 4. The van der Waals surface area contributed by atoms with Crippen LogP contribution in [0.25, 0.3) is 0 Å². The molecule has 0 heterocycles. The molecule has 1 amide bonds. The number of sulfonamides is 1. The topological polar surface area (TPSA) is 84.5 Å². The van der Waals surface area contributed by atoms with Gasteiger partial charge in [-0.2, -0.15) is 4.72 Å². The van der Waals surface area contributed by atoms with Crippen LogP contribution in [0.4, 0.5) is 0 Å². The van der Waals surface area contributed by atoms with Crippen LogP contribution in [-0.4, -0.2) is 34.0 Å². The Labute approximate surface area is 129 Å². The first kappa shape index (κ1) is 17.5. The summed E-state index contributed by atoms with van der Waals surface area (Å²) in [6.07, 6.45) is 1.50. The average Bonchev–Trinajstić information content (AvgIpc) is 2.44. The summed E-state index contributed by atoms with van der Waals surface area (Å²) in [4.78, 5) is 11.6. The molecule has 0 saturated carbocycles. The van der Waals surface area contributed by atoms with Gasteiger partial charge in [-0.25, -0.2) is 8.42 Å². The van der Waals surface area contributed by atoms with E-state index in [1.165, 1.54) is 38.3 Å².